The monoisotopic (exact) mass is 364 g/mol. The summed E-state index contributed by atoms with van der Waals surface area (Å²) in [5.41, 5.74) is 0.846. The van der Waals surface area contributed by atoms with Crippen LogP contribution in [0.4, 0.5) is 10.5 Å². The van der Waals surface area contributed by atoms with Crippen molar-refractivity contribution in [1.82, 2.24) is 15.1 Å². The van der Waals surface area contributed by atoms with Gasteiger partial charge in [-0.25, -0.2) is 4.79 Å². The molecular formula is C21H24N4O2. The van der Waals surface area contributed by atoms with E-state index in [9.17, 15) is 4.79 Å². The molecule has 0 radical (unpaired) electrons. The fourth-order valence-electron chi connectivity index (χ4n) is 3.50. The molecule has 0 atom stereocenters. The number of rotatable bonds is 3. The highest BCUT2D eigenvalue weighted by Crippen LogP contribution is 2.29. The second kappa shape index (κ2) is 7.39. The molecule has 0 bridgehead atoms. The Balaban J connectivity index is 1.39. The highest BCUT2D eigenvalue weighted by molar-refractivity contribution is 6.01. The third-order valence-corrected chi connectivity index (χ3v) is 5.11. The van der Waals surface area contributed by atoms with Crippen molar-refractivity contribution in [3.8, 4) is 0 Å². The Labute approximate surface area is 158 Å². The molecule has 1 aromatic heterocycles. The van der Waals surface area contributed by atoms with Crippen molar-refractivity contribution in [2.75, 3.05) is 18.4 Å². The van der Waals surface area contributed by atoms with E-state index >= 15 is 0 Å². The summed E-state index contributed by atoms with van der Waals surface area (Å²) < 4.78 is 5.78. The lowest BCUT2D eigenvalue weighted by molar-refractivity contribution is 0.189. The van der Waals surface area contributed by atoms with Crippen LogP contribution in [0.25, 0.3) is 10.8 Å². The van der Waals surface area contributed by atoms with E-state index in [-0.39, 0.29) is 17.9 Å². The van der Waals surface area contributed by atoms with Gasteiger partial charge in [0, 0.05) is 30.3 Å². The van der Waals surface area contributed by atoms with E-state index in [4.69, 9.17) is 4.42 Å². The van der Waals surface area contributed by atoms with Crippen LogP contribution >= 0.6 is 0 Å². The van der Waals surface area contributed by atoms with Crippen molar-refractivity contribution in [3.63, 3.8) is 0 Å². The number of hydrogen-bond donors (Lipinski definition) is 1. The third-order valence-electron chi connectivity index (χ3n) is 5.11. The number of likely N-dealkylation sites (tertiary alicyclic amines) is 1. The van der Waals surface area contributed by atoms with Crippen molar-refractivity contribution in [1.29, 1.82) is 0 Å². The first kappa shape index (κ1) is 17.5. The minimum absolute atomic E-state index is 0.0572. The Morgan fingerprint density at radius 2 is 1.85 bits per heavy atom. The van der Waals surface area contributed by atoms with Crippen LogP contribution in [0.3, 0.4) is 0 Å². The van der Waals surface area contributed by atoms with Crippen LogP contribution in [0.5, 0.6) is 0 Å². The van der Waals surface area contributed by atoms with E-state index in [1.807, 2.05) is 61.2 Å². The van der Waals surface area contributed by atoms with Crippen LogP contribution < -0.4 is 5.32 Å². The summed E-state index contributed by atoms with van der Waals surface area (Å²) in [5, 5.41) is 13.5. The Kier molecular flexibility index (Phi) is 4.79. The Morgan fingerprint density at radius 3 is 2.59 bits per heavy atom. The summed E-state index contributed by atoms with van der Waals surface area (Å²) in [6.07, 6.45) is 1.67. The maximum absolute atomic E-state index is 12.7. The van der Waals surface area contributed by atoms with E-state index < -0.39 is 0 Å². The second-order valence-corrected chi connectivity index (χ2v) is 7.35. The molecular weight excluding hydrogens is 340 g/mol. The van der Waals surface area contributed by atoms with Crippen molar-refractivity contribution < 1.29 is 9.21 Å². The predicted molar refractivity (Wildman–Crippen MR) is 105 cm³/mol. The van der Waals surface area contributed by atoms with Crippen LogP contribution in [0.15, 0.2) is 46.9 Å². The first-order chi connectivity index (χ1) is 13.1. The maximum atomic E-state index is 12.7. The molecule has 0 spiro atoms. The molecule has 4 rings (SSSR count). The van der Waals surface area contributed by atoms with Crippen molar-refractivity contribution in [2.45, 2.75) is 38.5 Å². The average molecular weight is 364 g/mol. The topological polar surface area (TPSA) is 71.3 Å². The number of carbonyl (C=O) groups is 1. The molecule has 1 saturated heterocycles. The first-order valence-corrected chi connectivity index (χ1v) is 9.49. The smallest absolute Gasteiger partial charge is 0.321 e. The summed E-state index contributed by atoms with van der Waals surface area (Å²) >= 11 is 0. The molecule has 0 saturated carbocycles. The van der Waals surface area contributed by atoms with E-state index in [0.717, 1.165) is 29.3 Å². The van der Waals surface area contributed by atoms with Gasteiger partial charge in [0.05, 0.1) is 5.69 Å². The number of urea groups is 1. The minimum Gasteiger partial charge on any atom is -0.425 e. The number of piperidine rings is 1. The van der Waals surface area contributed by atoms with Gasteiger partial charge in [0.25, 0.3) is 0 Å². The van der Waals surface area contributed by atoms with Crippen LogP contribution in [-0.4, -0.2) is 34.2 Å². The van der Waals surface area contributed by atoms with Gasteiger partial charge in [0.2, 0.25) is 11.8 Å². The summed E-state index contributed by atoms with van der Waals surface area (Å²) in [6, 6.07) is 14.0. The molecule has 0 unspecified atom stereocenters. The molecule has 3 aromatic rings. The van der Waals surface area contributed by atoms with E-state index in [1.165, 1.54) is 0 Å². The molecule has 1 fully saturated rings. The highest BCUT2D eigenvalue weighted by Gasteiger charge is 2.27. The lowest BCUT2D eigenvalue weighted by Gasteiger charge is -2.30. The predicted octanol–water partition coefficient (Wildman–Crippen LogP) is 4.76. The molecule has 1 aliphatic heterocycles. The zero-order chi connectivity index (χ0) is 18.8. The average Bonchev–Trinajstić information content (AvgIpc) is 3.19. The number of amides is 2. The Hall–Kier alpha value is -2.89. The Bertz CT molecular complexity index is 937. The Morgan fingerprint density at radius 1 is 1.11 bits per heavy atom. The summed E-state index contributed by atoms with van der Waals surface area (Å²) in [6.45, 7) is 5.44. The van der Waals surface area contributed by atoms with E-state index in [2.05, 4.69) is 15.5 Å². The normalized spacial score (nSPS) is 15.4. The third kappa shape index (κ3) is 3.65. The van der Waals surface area contributed by atoms with Crippen LogP contribution in [0.2, 0.25) is 0 Å². The summed E-state index contributed by atoms with van der Waals surface area (Å²) in [5.74, 6) is 1.85. The highest BCUT2D eigenvalue weighted by atomic mass is 16.4. The standard InChI is InChI=1S/C21H24N4O2/c1-14(2)19-23-24-20(27-19)16-10-12-25(13-11-16)21(26)22-18-9-5-7-15-6-3-4-8-17(15)18/h3-9,14,16H,10-13H2,1-2H3,(H,22,26). The molecule has 140 valence electrons. The van der Waals surface area contributed by atoms with Gasteiger partial charge in [-0.15, -0.1) is 10.2 Å². The van der Waals surface area contributed by atoms with E-state index in [0.29, 0.717) is 24.9 Å². The molecule has 1 aliphatic rings. The van der Waals surface area contributed by atoms with Gasteiger partial charge < -0.3 is 14.6 Å². The quantitative estimate of drug-likeness (QED) is 0.727. The molecule has 2 aromatic carbocycles. The van der Waals surface area contributed by atoms with Crippen molar-refractivity contribution in [2.24, 2.45) is 0 Å². The maximum Gasteiger partial charge on any atom is 0.321 e. The molecule has 0 aliphatic carbocycles. The molecule has 27 heavy (non-hydrogen) atoms. The first-order valence-electron chi connectivity index (χ1n) is 9.49. The van der Waals surface area contributed by atoms with Gasteiger partial charge in [-0.05, 0) is 24.3 Å². The lowest BCUT2D eigenvalue weighted by Crippen LogP contribution is -2.40. The SMILES string of the molecule is CC(C)c1nnc(C2CCN(C(=O)Nc3cccc4ccccc34)CC2)o1. The van der Waals surface area contributed by atoms with Gasteiger partial charge in [-0.2, -0.15) is 0 Å². The second-order valence-electron chi connectivity index (χ2n) is 7.35. The molecule has 6 nitrogen and oxygen atoms in total. The van der Waals surface area contributed by atoms with Crippen LogP contribution in [0, 0.1) is 0 Å². The summed E-state index contributed by atoms with van der Waals surface area (Å²) in [4.78, 5) is 14.6. The van der Waals surface area contributed by atoms with Crippen LogP contribution in [-0.2, 0) is 0 Å². The number of hydrogen-bond acceptors (Lipinski definition) is 4. The number of nitrogens with one attached hydrogen (secondary N) is 1. The molecule has 2 amide bonds. The molecule has 1 N–H and O–H groups in total. The van der Waals surface area contributed by atoms with E-state index in [1.54, 1.807) is 0 Å². The molecule has 6 heteroatoms. The molecule has 2 heterocycles. The number of carbonyl (C=O) groups excluding carboxylic acids is 1. The number of aromatic nitrogens is 2. The van der Waals surface area contributed by atoms with Crippen LogP contribution in [0.1, 0.15) is 50.3 Å². The number of benzene rings is 2. The van der Waals surface area contributed by atoms with Gasteiger partial charge in [-0.3, -0.25) is 0 Å². The van der Waals surface area contributed by atoms with Crippen molar-refractivity contribution in [3.05, 3.63) is 54.2 Å². The number of anilines is 1. The van der Waals surface area contributed by atoms with Gasteiger partial charge >= 0.3 is 6.03 Å². The van der Waals surface area contributed by atoms with Gasteiger partial charge in [0.1, 0.15) is 0 Å². The lowest BCUT2D eigenvalue weighted by atomic mass is 9.97. The van der Waals surface area contributed by atoms with Gasteiger partial charge in [0.15, 0.2) is 0 Å². The largest absolute Gasteiger partial charge is 0.425 e. The zero-order valence-electron chi connectivity index (χ0n) is 15.7. The minimum atomic E-state index is -0.0572. The van der Waals surface area contributed by atoms with Crippen molar-refractivity contribution >= 4 is 22.5 Å². The summed E-state index contributed by atoms with van der Waals surface area (Å²) in [7, 11) is 0. The fraction of sp³-hybridized carbons (Fsp3) is 0.381. The van der Waals surface area contributed by atoms with Gasteiger partial charge in [-0.1, -0.05) is 50.2 Å². The fourth-order valence-corrected chi connectivity index (χ4v) is 3.50. The number of nitrogens with zero attached hydrogens (tertiary/aromatic N) is 3. The number of fused-ring (bicyclic) bond motifs is 1. The zero-order valence-corrected chi connectivity index (χ0v) is 15.7.